The Kier molecular flexibility index (Phi) is 5.82. The van der Waals surface area contributed by atoms with Crippen LogP contribution in [-0.4, -0.2) is 17.7 Å². The summed E-state index contributed by atoms with van der Waals surface area (Å²) in [5, 5.41) is 10.4. The summed E-state index contributed by atoms with van der Waals surface area (Å²) in [4.78, 5) is 14.1. The van der Waals surface area contributed by atoms with E-state index in [2.05, 4.69) is 0 Å². The highest BCUT2D eigenvalue weighted by Crippen LogP contribution is 2.33. The van der Waals surface area contributed by atoms with Crippen LogP contribution in [0.5, 0.6) is 0 Å². The topological polar surface area (TPSA) is 46.5 Å². The van der Waals surface area contributed by atoms with Crippen LogP contribution in [0.2, 0.25) is 0 Å². The molecule has 0 aromatic carbocycles. The number of carbonyl (C=O) groups is 1. The molecule has 0 aliphatic heterocycles. The first-order chi connectivity index (χ1) is 8.51. The average molecular weight is 270 g/mol. The van der Waals surface area contributed by atoms with Gasteiger partial charge >= 0.3 is 5.97 Å². The Morgan fingerprint density at radius 3 is 2.56 bits per heavy atom. The van der Waals surface area contributed by atoms with E-state index in [-0.39, 0.29) is 5.97 Å². The van der Waals surface area contributed by atoms with Gasteiger partial charge in [0.1, 0.15) is 0 Å². The summed E-state index contributed by atoms with van der Waals surface area (Å²) in [5.41, 5.74) is 0.865. The summed E-state index contributed by atoms with van der Waals surface area (Å²) in [6, 6.07) is 1.96. The zero-order chi connectivity index (χ0) is 13.7. The van der Waals surface area contributed by atoms with Crippen molar-refractivity contribution in [1.29, 1.82) is 0 Å². The Bertz CT molecular complexity index is 398. The molecule has 0 saturated heterocycles. The van der Waals surface area contributed by atoms with Crippen molar-refractivity contribution in [1.82, 2.24) is 0 Å². The van der Waals surface area contributed by atoms with Gasteiger partial charge < -0.3 is 9.84 Å². The maximum absolute atomic E-state index is 11.9. The summed E-state index contributed by atoms with van der Waals surface area (Å²) < 4.78 is 5.05. The largest absolute Gasteiger partial charge is 0.466 e. The number of ether oxygens (including phenoxy) is 1. The standard InChI is InChI=1S/C14H22O3S/c1-5-7-11(14(16)17-6-2)13(15)12-8-9(3)18-10(12)4/h8,11,13,15H,5-7H2,1-4H3. The van der Waals surface area contributed by atoms with Crippen molar-refractivity contribution in [3.05, 3.63) is 21.4 Å². The van der Waals surface area contributed by atoms with Crippen LogP contribution >= 0.6 is 11.3 Å². The lowest BCUT2D eigenvalue weighted by Gasteiger charge is -2.21. The lowest BCUT2D eigenvalue weighted by Crippen LogP contribution is -2.24. The van der Waals surface area contributed by atoms with Crippen molar-refractivity contribution in [3.8, 4) is 0 Å². The smallest absolute Gasteiger partial charge is 0.311 e. The van der Waals surface area contributed by atoms with Gasteiger partial charge in [0.25, 0.3) is 0 Å². The van der Waals surface area contributed by atoms with Crippen LogP contribution < -0.4 is 0 Å². The van der Waals surface area contributed by atoms with Crippen molar-refractivity contribution in [3.63, 3.8) is 0 Å². The minimum atomic E-state index is -0.756. The molecule has 3 nitrogen and oxygen atoms in total. The highest BCUT2D eigenvalue weighted by atomic mass is 32.1. The molecule has 0 radical (unpaired) electrons. The van der Waals surface area contributed by atoms with Crippen LogP contribution in [0.4, 0.5) is 0 Å². The molecule has 1 rings (SSSR count). The number of aliphatic hydroxyl groups is 1. The highest BCUT2D eigenvalue weighted by Gasteiger charge is 2.30. The normalized spacial score (nSPS) is 14.3. The molecule has 0 bridgehead atoms. The second-order valence-corrected chi connectivity index (χ2v) is 5.92. The van der Waals surface area contributed by atoms with Crippen LogP contribution in [0.15, 0.2) is 6.07 Å². The number of aryl methyl sites for hydroxylation is 2. The summed E-state index contributed by atoms with van der Waals surface area (Å²) in [5.74, 6) is -0.752. The third kappa shape index (κ3) is 3.56. The molecule has 1 N–H and O–H groups in total. The van der Waals surface area contributed by atoms with Gasteiger partial charge in [0.05, 0.1) is 18.6 Å². The van der Waals surface area contributed by atoms with E-state index >= 15 is 0 Å². The Balaban J connectivity index is 2.91. The Morgan fingerprint density at radius 2 is 2.11 bits per heavy atom. The Morgan fingerprint density at radius 1 is 1.44 bits per heavy atom. The second-order valence-electron chi connectivity index (χ2n) is 4.46. The molecule has 18 heavy (non-hydrogen) atoms. The number of aliphatic hydroxyl groups excluding tert-OH is 1. The SMILES string of the molecule is CCCC(C(=O)OCC)C(O)c1cc(C)sc1C. The molecule has 0 amide bonds. The van der Waals surface area contributed by atoms with Gasteiger partial charge in [-0.15, -0.1) is 11.3 Å². The lowest BCUT2D eigenvalue weighted by molar-refractivity contribution is -0.152. The van der Waals surface area contributed by atoms with E-state index in [1.54, 1.807) is 18.3 Å². The van der Waals surface area contributed by atoms with Crippen LogP contribution in [0.3, 0.4) is 0 Å². The zero-order valence-electron chi connectivity index (χ0n) is 11.5. The fourth-order valence-corrected chi connectivity index (χ4v) is 3.09. The van der Waals surface area contributed by atoms with E-state index in [9.17, 15) is 9.90 Å². The first kappa shape index (κ1) is 15.2. The molecule has 0 fully saturated rings. The maximum atomic E-state index is 11.9. The van der Waals surface area contributed by atoms with Crippen LogP contribution in [0, 0.1) is 19.8 Å². The van der Waals surface area contributed by atoms with Gasteiger partial charge in [-0.1, -0.05) is 13.3 Å². The third-order valence-electron chi connectivity index (χ3n) is 2.97. The van der Waals surface area contributed by atoms with Crippen LogP contribution in [0.1, 0.15) is 48.1 Å². The van der Waals surface area contributed by atoms with Crippen LogP contribution in [-0.2, 0) is 9.53 Å². The number of rotatable bonds is 6. The van der Waals surface area contributed by atoms with Gasteiger partial charge in [0.2, 0.25) is 0 Å². The first-order valence-corrected chi connectivity index (χ1v) is 7.24. The minimum Gasteiger partial charge on any atom is -0.466 e. The average Bonchev–Trinajstić information content (AvgIpc) is 2.65. The lowest BCUT2D eigenvalue weighted by atomic mass is 9.92. The van der Waals surface area contributed by atoms with Crippen molar-refractivity contribution >= 4 is 17.3 Å². The molecule has 2 atom stereocenters. The highest BCUT2D eigenvalue weighted by molar-refractivity contribution is 7.12. The van der Waals surface area contributed by atoms with Crippen LogP contribution in [0.25, 0.3) is 0 Å². The number of thiophene rings is 1. The van der Waals surface area contributed by atoms with E-state index in [1.807, 2.05) is 26.8 Å². The molecule has 1 aromatic heterocycles. The first-order valence-electron chi connectivity index (χ1n) is 6.42. The van der Waals surface area contributed by atoms with Crippen molar-refractivity contribution in [2.75, 3.05) is 6.61 Å². The van der Waals surface area contributed by atoms with E-state index in [0.29, 0.717) is 13.0 Å². The number of esters is 1. The van der Waals surface area contributed by atoms with E-state index in [0.717, 1.165) is 21.7 Å². The Hall–Kier alpha value is -0.870. The molecule has 1 aromatic rings. The summed E-state index contributed by atoms with van der Waals surface area (Å²) >= 11 is 1.65. The molecule has 0 saturated carbocycles. The minimum absolute atomic E-state index is 0.296. The van der Waals surface area contributed by atoms with E-state index in [4.69, 9.17) is 4.74 Å². The number of hydrogen-bond donors (Lipinski definition) is 1. The molecular weight excluding hydrogens is 248 g/mol. The quantitative estimate of drug-likeness (QED) is 0.806. The molecular formula is C14H22O3S. The predicted molar refractivity (Wildman–Crippen MR) is 73.8 cm³/mol. The fourth-order valence-electron chi connectivity index (χ4n) is 2.13. The summed E-state index contributed by atoms with van der Waals surface area (Å²) in [6.45, 7) is 8.13. The van der Waals surface area contributed by atoms with Gasteiger partial charge in [-0.2, -0.15) is 0 Å². The molecule has 2 unspecified atom stereocenters. The molecule has 0 aliphatic rings. The fraction of sp³-hybridized carbons (Fsp3) is 0.643. The maximum Gasteiger partial charge on any atom is 0.311 e. The molecule has 1 heterocycles. The number of hydrogen-bond acceptors (Lipinski definition) is 4. The van der Waals surface area contributed by atoms with Gasteiger partial charge in [0, 0.05) is 9.75 Å². The zero-order valence-corrected chi connectivity index (χ0v) is 12.3. The Labute approximate surface area is 113 Å². The van der Waals surface area contributed by atoms with Crippen molar-refractivity contribution in [2.24, 2.45) is 5.92 Å². The van der Waals surface area contributed by atoms with Gasteiger partial charge in [-0.3, -0.25) is 4.79 Å². The monoisotopic (exact) mass is 270 g/mol. The molecule has 102 valence electrons. The molecule has 4 heteroatoms. The van der Waals surface area contributed by atoms with Gasteiger partial charge in [-0.05, 0) is 38.8 Å². The molecule has 0 aliphatic carbocycles. The summed E-state index contributed by atoms with van der Waals surface area (Å²) in [6.07, 6.45) is 0.741. The van der Waals surface area contributed by atoms with Gasteiger partial charge in [-0.25, -0.2) is 0 Å². The number of carbonyl (C=O) groups excluding carboxylic acids is 1. The predicted octanol–water partition coefficient (Wildman–Crippen LogP) is 3.38. The third-order valence-corrected chi connectivity index (χ3v) is 3.95. The van der Waals surface area contributed by atoms with E-state index < -0.39 is 12.0 Å². The van der Waals surface area contributed by atoms with Crippen molar-refractivity contribution in [2.45, 2.75) is 46.6 Å². The van der Waals surface area contributed by atoms with Crippen molar-refractivity contribution < 1.29 is 14.6 Å². The van der Waals surface area contributed by atoms with Gasteiger partial charge in [0.15, 0.2) is 0 Å². The molecule has 0 spiro atoms. The summed E-state index contributed by atoms with van der Waals surface area (Å²) in [7, 11) is 0. The van der Waals surface area contributed by atoms with E-state index in [1.165, 1.54) is 0 Å². The second kappa shape index (κ2) is 6.90.